The maximum Gasteiger partial charge on any atom is 0.246 e. The second-order valence-corrected chi connectivity index (χ2v) is 7.99. The van der Waals surface area contributed by atoms with Crippen LogP contribution in [0.15, 0.2) is 79.8 Å². The molecule has 0 bridgehead atoms. The number of amides is 1. The van der Waals surface area contributed by atoms with Crippen molar-refractivity contribution in [2.75, 3.05) is 6.54 Å². The fourth-order valence-corrected chi connectivity index (χ4v) is 4.33. The maximum atomic E-state index is 13.4. The molecular formula is C26H23FN4O2. The van der Waals surface area contributed by atoms with Crippen LogP contribution in [0.4, 0.5) is 4.39 Å². The minimum Gasteiger partial charge on any atom is -0.489 e. The van der Waals surface area contributed by atoms with E-state index in [1.54, 1.807) is 18.5 Å². The molecular weight excluding hydrogens is 419 g/mol. The summed E-state index contributed by atoms with van der Waals surface area (Å²) in [5, 5.41) is 0. The summed E-state index contributed by atoms with van der Waals surface area (Å²) in [4.78, 5) is 23.4. The molecule has 5 rings (SSSR count). The summed E-state index contributed by atoms with van der Waals surface area (Å²) in [6.07, 6.45) is 8.53. The molecule has 0 N–H and O–H groups in total. The van der Waals surface area contributed by atoms with E-state index in [1.165, 1.54) is 18.2 Å². The normalized spacial score (nSPS) is 15.7. The van der Waals surface area contributed by atoms with Gasteiger partial charge in [-0.2, -0.15) is 0 Å². The number of benzene rings is 2. The smallest absolute Gasteiger partial charge is 0.246 e. The van der Waals surface area contributed by atoms with Gasteiger partial charge in [0.15, 0.2) is 0 Å². The van der Waals surface area contributed by atoms with Crippen LogP contribution in [0.25, 0.3) is 16.8 Å². The van der Waals surface area contributed by atoms with E-state index in [2.05, 4.69) is 11.6 Å². The largest absolute Gasteiger partial charge is 0.489 e. The van der Waals surface area contributed by atoms with Crippen LogP contribution in [-0.2, 0) is 11.4 Å². The lowest BCUT2D eigenvalue weighted by atomic mass is 10.1. The van der Waals surface area contributed by atoms with E-state index in [-0.39, 0.29) is 24.4 Å². The fraction of sp³-hybridized carbons (Fsp3) is 0.192. The molecule has 1 atom stereocenters. The zero-order valence-corrected chi connectivity index (χ0v) is 18.0. The molecule has 0 spiro atoms. The Bertz CT molecular complexity index is 1320. The zero-order chi connectivity index (χ0) is 22.8. The third kappa shape index (κ3) is 4.09. The Balaban J connectivity index is 1.43. The number of rotatable bonds is 6. The molecule has 1 unspecified atom stereocenters. The quantitative estimate of drug-likeness (QED) is 0.396. The number of fused-ring (bicyclic) bond motifs is 1. The second kappa shape index (κ2) is 8.86. The summed E-state index contributed by atoms with van der Waals surface area (Å²) in [6, 6.07) is 13.9. The lowest BCUT2D eigenvalue weighted by Crippen LogP contribution is -2.29. The van der Waals surface area contributed by atoms with E-state index in [4.69, 9.17) is 9.72 Å². The standard InChI is InChI=1S/C26H23FN4O2/c1-2-24(32)30-13-4-7-22(30)26-29-25(23-16-28-12-14-31(23)26)19-8-10-21(11-9-19)33-17-18-5-3-6-20(27)15-18/h2-3,5-6,8-12,14-16,22H,1,4,7,13,17H2. The van der Waals surface area contributed by atoms with Crippen LogP contribution >= 0.6 is 0 Å². The minimum absolute atomic E-state index is 0.0790. The van der Waals surface area contributed by atoms with Crippen LogP contribution in [0.5, 0.6) is 5.75 Å². The van der Waals surface area contributed by atoms with Crippen LogP contribution in [0.2, 0.25) is 0 Å². The summed E-state index contributed by atoms with van der Waals surface area (Å²) < 4.78 is 21.2. The molecule has 1 saturated heterocycles. The number of aromatic nitrogens is 3. The zero-order valence-electron chi connectivity index (χ0n) is 18.0. The Morgan fingerprint density at radius 2 is 2.09 bits per heavy atom. The molecule has 1 amide bonds. The van der Waals surface area contributed by atoms with Gasteiger partial charge in [-0.05, 0) is 60.9 Å². The third-order valence-corrected chi connectivity index (χ3v) is 5.90. The van der Waals surface area contributed by atoms with Crippen LogP contribution < -0.4 is 4.74 Å². The number of carbonyl (C=O) groups is 1. The molecule has 3 heterocycles. The Morgan fingerprint density at radius 3 is 2.88 bits per heavy atom. The van der Waals surface area contributed by atoms with Gasteiger partial charge in [-0.15, -0.1) is 0 Å². The van der Waals surface area contributed by atoms with Crippen molar-refractivity contribution < 1.29 is 13.9 Å². The Hall–Kier alpha value is -4.00. The van der Waals surface area contributed by atoms with E-state index < -0.39 is 0 Å². The molecule has 1 fully saturated rings. The number of ether oxygens (including phenoxy) is 1. The number of nitrogens with zero attached hydrogens (tertiary/aromatic N) is 4. The number of likely N-dealkylation sites (tertiary alicyclic amines) is 1. The monoisotopic (exact) mass is 442 g/mol. The molecule has 1 aliphatic heterocycles. The fourth-order valence-electron chi connectivity index (χ4n) is 4.33. The summed E-state index contributed by atoms with van der Waals surface area (Å²) in [5.74, 6) is 1.15. The number of halogens is 1. The third-order valence-electron chi connectivity index (χ3n) is 5.90. The molecule has 166 valence electrons. The van der Waals surface area contributed by atoms with Gasteiger partial charge in [0, 0.05) is 24.5 Å². The lowest BCUT2D eigenvalue weighted by molar-refractivity contribution is -0.127. The molecule has 4 aromatic rings. The minimum atomic E-state index is -0.279. The molecule has 6 nitrogen and oxygen atoms in total. The van der Waals surface area contributed by atoms with Gasteiger partial charge in [-0.25, -0.2) is 9.37 Å². The van der Waals surface area contributed by atoms with Gasteiger partial charge in [0.05, 0.1) is 23.4 Å². The van der Waals surface area contributed by atoms with Gasteiger partial charge >= 0.3 is 0 Å². The first kappa shape index (κ1) is 20.9. The molecule has 2 aromatic carbocycles. The van der Waals surface area contributed by atoms with Crippen molar-refractivity contribution in [1.29, 1.82) is 0 Å². The first-order chi connectivity index (χ1) is 16.1. The highest BCUT2D eigenvalue weighted by Gasteiger charge is 2.32. The maximum absolute atomic E-state index is 13.4. The van der Waals surface area contributed by atoms with Crippen LogP contribution in [0, 0.1) is 5.82 Å². The molecule has 0 aliphatic carbocycles. The predicted octanol–water partition coefficient (Wildman–Crippen LogP) is 4.96. The van der Waals surface area contributed by atoms with E-state index >= 15 is 0 Å². The number of imidazole rings is 1. The molecule has 0 radical (unpaired) electrons. The van der Waals surface area contributed by atoms with Crippen molar-refractivity contribution >= 4 is 11.4 Å². The second-order valence-electron chi connectivity index (χ2n) is 7.99. The highest BCUT2D eigenvalue weighted by Crippen LogP contribution is 2.35. The molecule has 0 saturated carbocycles. The van der Waals surface area contributed by atoms with Crippen molar-refractivity contribution in [3.8, 4) is 17.0 Å². The van der Waals surface area contributed by atoms with Crippen molar-refractivity contribution in [3.63, 3.8) is 0 Å². The first-order valence-electron chi connectivity index (χ1n) is 10.9. The first-order valence-corrected chi connectivity index (χ1v) is 10.9. The van der Waals surface area contributed by atoms with Crippen LogP contribution in [-0.4, -0.2) is 31.7 Å². The Labute approximate surface area is 191 Å². The Kier molecular flexibility index (Phi) is 5.60. The predicted molar refractivity (Wildman–Crippen MR) is 123 cm³/mol. The molecule has 33 heavy (non-hydrogen) atoms. The van der Waals surface area contributed by atoms with Gasteiger partial charge in [0.2, 0.25) is 5.91 Å². The summed E-state index contributed by atoms with van der Waals surface area (Å²) in [5.41, 5.74) is 3.36. The Morgan fingerprint density at radius 1 is 1.24 bits per heavy atom. The van der Waals surface area contributed by atoms with Crippen molar-refractivity contribution in [2.45, 2.75) is 25.5 Å². The van der Waals surface area contributed by atoms with E-state index in [0.29, 0.717) is 12.3 Å². The summed E-state index contributed by atoms with van der Waals surface area (Å²) in [7, 11) is 0. The van der Waals surface area contributed by atoms with Gasteiger partial charge in [-0.1, -0.05) is 18.7 Å². The topological polar surface area (TPSA) is 59.7 Å². The van der Waals surface area contributed by atoms with E-state index in [1.807, 2.05) is 45.8 Å². The van der Waals surface area contributed by atoms with Crippen molar-refractivity contribution in [2.24, 2.45) is 0 Å². The number of hydrogen-bond donors (Lipinski definition) is 0. The van der Waals surface area contributed by atoms with Gasteiger partial charge in [0.25, 0.3) is 0 Å². The van der Waals surface area contributed by atoms with Crippen molar-refractivity contribution in [3.05, 3.63) is 97.0 Å². The van der Waals surface area contributed by atoms with Crippen LogP contribution in [0.1, 0.15) is 30.3 Å². The molecule has 2 aromatic heterocycles. The molecule has 7 heteroatoms. The SMILES string of the molecule is C=CC(=O)N1CCCC1c1nc(-c2ccc(OCc3cccc(F)c3)cc2)c2cnccn12. The highest BCUT2D eigenvalue weighted by molar-refractivity contribution is 5.87. The summed E-state index contributed by atoms with van der Waals surface area (Å²) in [6.45, 7) is 4.62. The summed E-state index contributed by atoms with van der Waals surface area (Å²) >= 11 is 0. The van der Waals surface area contributed by atoms with E-state index in [9.17, 15) is 9.18 Å². The number of carbonyl (C=O) groups excluding carboxylic acids is 1. The highest BCUT2D eigenvalue weighted by atomic mass is 19.1. The molecule has 1 aliphatic rings. The number of hydrogen-bond acceptors (Lipinski definition) is 4. The average Bonchev–Trinajstić information content (AvgIpc) is 3.48. The van der Waals surface area contributed by atoms with Crippen molar-refractivity contribution in [1.82, 2.24) is 19.3 Å². The van der Waals surface area contributed by atoms with Gasteiger partial charge in [-0.3, -0.25) is 14.2 Å². The lowest BCUT2D eigenvalue weighted by Gasteiger charge is -2.22. The average molecular weight is 442 g/mol. The van der Waals surface area contributed by atoms with Crippen LogP contribution in [0.3, 0.4) is 0 Å². The van der Waals surface area contributed by atoms with E-state index in [0.717, 1.165) is 41.0 Å². The van der Waals surface area contributed by atoms with Gasteiger partial charge in [0.1, 0.15) is 24.0 Å². The van der Waals surface area contributed by atoms with Gasteiger partial charge < -0.3 is 9.64 Å².